The Morgan fingerprint density at radius 2 is 2.44 bits per heavy atom. The van der Waals surface area contributed by atoms with Crippen LogP contribution >= 0.6 is 11.8 Å². The zero-order valence-electron chi connectivity index (χ0n) is 10.6. The quantitative estimate of drug-likeness (QED) is 0.832. The van der Waals surface area contributed by atoms with Crippen LogP contribution in [0.5, 0.6) is 0 Å². The maximum Gasteiger partial charge on any atom is 0.0622 e. The lowest BCUT2D eigenvalue weighted by atomic mass is 10.2. The maximum absolute atomic E-state index is 5.48. The van der Waals surface area contributed by atoms with E-state index in [0.29, 0.717) is 6.04 Å². The molecule has 2 aliphatic rings. The van der Waals surface area contributed by atoms with Crippen LogP contribution < -0.4 is 0 Å². The van der Waals surface area contributed by atoms with Gasteiger partial charge in [-0.1, -0.05) is 6.07 Å². The number of nitrogens with zero attached hydrogens (tertiary/aromatic N) is 2. The SMILES string of the molecule is c1cncc(CSC2CCN(C3CCOC3)C2)c1. The highest BCUT2D eigenvalue weighted by molar-refractivity contribution is 7.99. The predicted octanol–water partition coefficient (Wildman–Crippen LogP) is 2.18. The van der Waals surface area contributed by atoms with Crippen molar-refractivity contribution >= 4 is 11.8 Å². The highest BCUT2D eigenvalue weighted by Gasteiger charge is 2.30. The Hall–Kier alpha value is -0.580. The Morgan fingerprint density at radius 1 is 1.44 bits per heavy atom. The van der Waals surface area contributed by atoms with E-state index in [1.165, 1.54) is 31.5 Å². The minimum Gasteiger partial charge on any atom is -0.380 e. The second kappa shape index (κ2) is 6.04. The van der Waals surface area contributed by atoms with Crippen LogP contribution in [-0.2, 0) is 10.5 Å². The zero-order chi connectivity index (χ0) is 12.2. The molecule has 2 aliphatic heterocycles. The largest absolute Gasteiger partial charge is 0.380 e. The third-order valence-corrected chi connectivity index (χ3v) is 5.16. The standard InChI is InChI=1S/C14H20N2OS/c1-2-12(8-15-5-1)11-18-14-3-6-16(9-14)13-4-7-17-10-13/h1-2,5,8,13-14H,3-4,6-7,9-11H2. The van der Waals surface area contributed by atoms with Crippen LogP contribution in [0, 0.1) is 0 Å². The molecular weight excluding hydrogens is 244 g/mol. The van der Waals surface area contributed by atoms with E-state index in [9.17, 15) is 0 Å². The molecule has 2 atom stereocenters. The molecule has 3 rings (SSSR count). The van der Waals surface area contributed by atoms with E-state index >= 15 is 0 Å². The fourth-order valence-electron chi connectivity index (χ4n) is 2.73. The summed E-state index contributed by atoms with van der Waals surface area (Å²) in [4.78, 5) is 6.79. The fourth-order valence-corrected chi connectivity index (χ4v) is 3.90. The van der Waals surface area contributed by atoms with Crippen LogP contribution in [0.15, 0.2) is 24.5 Å². The summed E-state index contributed by atoms with van der Waals surface area (Å²) in [5.74, 6) is 1.09. The zero-order valence-corrected chi connectivity index (χ0v) is 11.4. The first kappa shape index (κ1) is 12.5. The Bertz CT molecular complexity index is 367. The van der Waals surface area contributed by atoms with E-state index in [-0.39, 0.29) is 0 Å². The summed E-state index contributed by atoms with van der Waals surface area (Å²) in [6.07, 6.45) is 6.36. The van der Waals surface area contributed by atoms with Gasteiger partial charge >= 0.3 is 0 Å². The predicted molar refractivity (Wildman–Crippen MR) is 74.7 cm³/mol. The summed E-state index contributed by atoms with van der Waals surface area (Å²) < 4.78 is 5.48. The fraction of sp³-hybridized carbons (Fsp3) is 0.643. The summed E-state index contributed by atoms with van der Waals surface area (Å²) in [7, 11) is 0. The summed E-state index contributed by atoms with van der Waals surface area (Å²) in [6, 6.07) is 4.87. The summed E-state index contributed by atoms with van der Waals surface area (Å²) in [5, 5.41) is 0.783. The van der Waals surface area contributed by atoms with Gasteiger partial charge in [-0.05, 0) is 31.0 Å². The van der Waals surface area contributed by atoms with Gasteiger partial charge in [-0.15, -0.1) is 0 Å². The molecule has 0 bridgehead atoms. The number of thioether (sulfide) groups is 1. The number of pyridine rings is 1. The van der Waals surface area contributed by atoms with E-state index in [4.69, 9.17) is 4.74 Å². The van der Waals surface area contributed by atoms with Crippen molar-refractivity contribution in [2.24, 2.45) is 0 Å². The van der Waals surface area contributed by atoms with Gasteiger partial charge in [0.25, 0.3) is 0 Å². The van der Waals surface area contributed by atoms with E-state index < -0.39 is 0 Å². The van der Waals surface area contributed by atoms with Crippen molar-refractivity contribution in [3.63, 3.8) is 0 Å². The molecular formula is C14H20N2OS. The van der Waals surface area contributed by atoms with Gasteiger partial charge < -0.3 is 4.74 Å². The molecule has 0 N–H and O–H groups in total. The smallest absolute Gasteiger partial charge is 0.0622 e. The third kappa shape index (κ3) is 3.05. The molecule has 1 aromatic heterocycles. The van der Waals surface area contributed by atoms with Crippen molar-refractivity contribution in [1.29, 1.82) is 0 Å². The highest BCUT2D eigenvalue weighted by Crippen LogP contribution is 2.28. The Labute approximate surface area is 113 Å². The van der Waals surface area contributed by atoms with Gasteiger partial charge in [0.1, 0.15) is 0 Å². The van der Waals surface area contributed by atoms with Gasteiger partial charge in [0.2, 0.25) is 0 Å². The van der Waals surface area contributed by atoms with Crippen molar-refractivity contribution in [2.75, 3.05) is 26.3 Å². The molecule has 1 aromatic rings. The van der Waals surface area contributed by atoms with E-state index in [2.05, 4.69) is 27.7 Å². The summed E-state index contributed by atoms with van der Waals surface area (Å²) in [6.45, 7) is 4.38. The molecule has 2 saturated heterocycles. The van der Waals surface area contributed by atoms with E-state index in [1.54, 1.807) is 0 Å². The van der Waals surface area contributed by atoms with Crippen LogP contribution in [-0.4, -0.2) is 47.5 Å². The van der Waals surface area contributed by atoms with Crippen LogP contribution in [0.25, 0.3) is 0 Å². The average molecular weight is 264 g/mol. The monoisotopic (exact) mass is 264 g/mol. The van der Waals surface area contributed by atoms with Gasteiger partial charge in [0.05, 0.1) is 6.61 Å². The van der Waals surface area contributed by atoms with Gasteiger partial charge in [-0.3, -0.25) is 9.88 Å². The van der Waals surface area contributed by atoms with E-state index in [0.717, 1.165) is 24.2 Å². The molecule has 98 valence electrons. The van der Waals surface area contributed by atoms with Crippen molar-refractivity contribution in [1.82, 2.24) is 9.88 Å². The number of hydrogen-bond acceptors (Lipinski definition) is 4. The average Bonchev–Trinajstić information content (AvgIpc) is 3.08. The molecule has 0 spiro atoms. The normalized spacial score (nSPS) is 28.9. The van der Waals surface area contributed by atoms with Crippen molar-refractivity contribution in [3.05, 3.63) is 30.1 Å². The Balaban J connectivity index is 1.45. The summed E-state index contributed by atoms with van der Waals surface area (Å²) in [5.41, 5.74) is 1.34. The van der Waals surface area contributed by atoms with E-state index in [1.807, 2.05) is 18.5 Å². The molecule has 3 heterocycles. The highest BCUT2D eigenvalue weighted by atomic mass is 32.2. The first-order valence-corrected chi connectivity index (χ1v) is 7.79. The number of likely N-dealkylation sites (tertiary alicyclic amines) is 1. The molecule has 2 fully saturated rings. The lowest BCUT2D eigenvalue weighted by molar-refractivity contribution is 0.159. The second-order valence-electron chi connectivity index (χ2n) is 5.10. The first-order chi connectivity index (χ1) is 8.92. The molecule has 3 nitrogen and oxygen atoms in total. The van der Waals surface area contributed by atoms with Gasteiger partial charge in [-0.2, -0.15) is 11.8 Å². The van der Waals surface area contributed by atoms with Crippen LogP contribution in [0.1, 0.15) is 18.4 Å². The van der Waals surface area contributed by atoms with Crippen LogP contribution in [0.2, 0.25) is 0 Å². The molecule has 0 aliphatic carbocycles. The lowest BCUT2D eigenvalue weighted by Gasteiger charge is -2.22. The molecule has 0 radical (unpaired) electrons. The molecule has 0 saturated carbocycles. The maximum atomic E-state index is 5.48. The molecule has 2 unspecified atom stereocenters. The third-order valence-electron chi connectivity index (χ3n) is 3.81. The number of ether oxygens (including phenoxy) is 1. The second-order valence-corrected chi connectivity index (χ2v) is 6.38. The molecule has 0 amide bonds. The molecule has 18 heavy (non-hydrogen) atoms. The first-order valence-electron chi connectivity index (χ1n) is 6.74. The van der Waals surface area contributed by atoms with Crippen molar-refractivity contribution in [2.45, 2.75) is 29.9 Å². The van der Waals surface area contributed by atoms with Gasteiger partial charge in [-0.25, -0.2) is 0 Å². The van der Waals surface area contributed by atoms with Gasteiger partial charge in [0, 0.05) is 42.6 Å². The van der Waals surface area contributed by atoms with Crippen molar-refractivity contribution < 1.29 is 4.74 Å². The number of aromatic nitrogens is 1. The lowest BCUT2D eigenvalue weighted by Crippen LogP contribution is -2.33. The molecule has 0 aromatic carbocycles. The Kier molecular flexibility index (Phi) is 4.18. The Morgan fingerprint density at radius 3 is 3.22 bits per heavy atom. The minimum atomic E-state index is 0.689. The van der Waals surface area contributed by atoms with Crippen LogP contribution in [0.3, 0.4) is 0 Å². The topological polar surface area (TPSA) is 25.4 Å². The van der Waals surface area contributed by atoms with Crippen LogP contribution in [0.4, 0.5) is 0 Å². The van der Waals surface area contributed by atoms with Crippen molar-refractivity contribution in [3.8, 4) is 0 Å². The minimum absolute atomic E-state index is 0.689. The van der Waals surface area contributed by atoms with Gasteiger partial charge in [0.15, 0.2) is 0 Å². The molecule has 4 heteroatoms. The number of rotatable bonds is 4. The summed E-state index contributed by atoms with van der Waals surface area (Å²) >= 11 is 2.08. The number of hydrogen-bond donors (Lipinski definition) is 0.